The number of carboxylic acids is 1. The van der Waals surface area contributed by atoms with Gasteiger partial charge in [-0.15, -0.1) is 0 Å². The van der Waals surface area contributed by atoms with E-state index < -0.39 is 18.5 Å². The molecular formula is C22H28FN2O4P. The molecule has 8 heteroatoms. The molecule has 6 nitrogen and oxygen atoms in total. The molecule has 0 spiro atoms. The topological polar surface area (TPSA) is 104 Å². The van der Waals surface area contributed by atoms with E-state index >= 15 is 0 Å². The molecule has 1 heterocycles. The van der Waals surface area contributed by atoms with Crippen LogP contribution in [-0.4, -0.2) is 51.8 Å². The van der Waals surface area contributed by atoms with Gasteiger partial charge in [-0.25, -0.2) is 4.39 Å². The van der Waals surface area contributed by atoms with E-state index in [0.29, 0.717) is 32.5 Å². The van der Waals surface area contributed by atoms with Gasteiger partial charge in [0, 0.05) is 25.8 Å². The summed E-state index contributed by atoms with van der Waals surface area (Å²) in [6.07, 6.45) is 1.11. The molecule has 0 aliphatic carbocycles. The third-order valence-corrected chi connectivity index (χ3v) is 8.57. The summed E-state index contributed by atoms with van der Waals surface area (Å²) in [6, 6.07) is 14.0. The summed E-state index contributed by atoms with van der Waals surface area (Å²) in [4.78, 5) is 24.6. The van der Waals surface area contributed by atoms with Crippen LogP contribution in [0, 0.1) is 5.82 Å². The average molecular weight is 434 g/mol. The molecule has 0 aromatic heterocycles. The SMILES string of the molecule is NCCCCC1(C(=O)O)CN(Cc2ccc(F)cc2-c2ccccc2)CCP1(=O)O. The van der Waals surface area contributed by atoms with Crippen molar-refractivity contribution in [2.45, 2.75) is 31.0 Å². The van der Waals surface area contributed by atoms with Crippen LogP contribution in [0.15, 0.2) is 48.5 Å². The number of nitrogens with zero attached hydrogens (tertiary/aromatic N) is 1. The molecule has 1 saturated heterocycles. The second-order valence-corrected chi connectivity index (χ2v) is 10.6. The Hall–Kier alpha value is -2.05. The Bertz CT molecular complexity index is 940. The predicted octanol–water partition coefficient (Wildman–Crippen LogP) is 3.53. The van der Waals surface area contributed by atoms with Gasteiger partial charge in [0.1, 0.15) is 5.82 Å². The second kappa shape index (κ2) is 9.40. The van der Waals surface area contributed by atoms with Crippen molar-refractivity contribution < 1.29 is 23.7 Å². The summed E-state index contributed by atoms with van der Waals surface area (Å²) in [5.41, 5.74) is 7.97. The summed E-state index contributed by atoms with van der Waals surface area (Å²) in [5, 5.41) is 8.24. The first-order valence-corrected chi connectivity index (χ1v) is 12.0. The monoisotopic (exact) mass is 434 g/mol. The third kappa shape index (κ3) is 4.65. The largest absolute Gasteiger partial charge is 0.480 e. The van der Waals surface area contributed by atoms with Crippen molar-refractivity contribution in [3.05, 3.63) is 59.9 Å². The summed E-state index contributed by atoms with van der Waals surface area (Å²) in [6.45, 7) is 1.07. The molecule has 2 atom stereocenters. The van der Waals surface area contributed by atoms with E-state index in [1.165, 1.54) is 12.1 Å². The van der Waals surface area contributed by atoms with Crippen LogP contribution in [0.3, 0.4) is 0 Å². The zero-order chi connectivity index (χ0) is 21.8. The fourth-order valence-corrected chi connectivity index (χ4v) is 6.35. The number of unbranched alkanes of at least 4 members (excludes halogenated alkanes) is 1. The van der Waals surface area contributed by atoms with Crippen LogP contribution in [0.4, 0.5) is 4.39 Å². The maximum atomic E-state index is 13.9. The van der Waals surface area contributed by atoms with Gasteiger partial charge < -0.3 is 15.7 Å². The first-order valence-electron chi connectivity index (χ1n) is 10.1. The van der Waals surface area contributed by atoms with E-state index in [4.69, 9.17) is 5.73 Å². The number of halogens is 1. The molecule has 2 aromatic carbocycles. The summed E-state index contributed by atoms with van der Waals surface area (Å²) >= 11 is 0. The Balaban J connectivity index is 1.89. The molecule has 1 aliphatic heterocycles. The maximum absolute atomic E-state index is 13.9. The van der Waals surface area contributed by atoms with Crippen LogP contribution >= 0.6 is 7.37 Å². The van der Waals surface area contributed by atoms with Crippen molar-refractivity contribution in [3.8, 4) is 11.1 Å². The number of hydrogen-bond donors (Lipinski definition) is 3. The highest BCUT2D eigenvalue weighted by Gasteiger charge is 2.56. The molecule has 2 aromatic rings. The first-order chi connectivity index (χ1) is 14.3. The molecule has 2 unspecified atom stereocenters. The molecule has 30 heavy (non-hydrogen) atoms. The quantitative estimate of drug-likeness (QED) is 0.434. The number of carboxylic acid groups (broad SMARTS) is 1. The lowest BCUT2D eigenvalue weighted by Crippen LogP contribution is -2.53. The molecule has 0 saturated carbocycles. The Kier molecular flexibility index (Phi) is 7.09. The molecule has 162 valence electrons. The lowest BCUT2D eigenvalue weighted by atomic mass is 9.97. The number of benzene rings is 2. The Morgan fingerprint density at radius 3 is 2.60 bits per heavy atom. The lowest BCUT2D eigenvalue weighted by Gasteiger charge is -2.43. The molecule has 0 radical (unpaired) electrons. The average Bonchev–Trinajstić information content (AvgIpc) is 2.72. The summed E-state index contributed by atoms with van der Waals surface area (Å²) < 4.78 is 26.9. The van der Waals surface area contributed by atoms with Crippen molar-refractivity contribution >= 4 is 13.3 Å². The van der Waals surface area contributed by atoms with Gasteiger partial charge in [-0.1, -0.05) is 42.8 Å². The molecule has 3 rings (SSSR count). The van der Waals surface area contributed by atoms with Crippen molar-refractivity contribution in [2.75, 3.05) is 25.8 Å². The molecule has 1 aliphatic rings. The van der Waals surface area contributed by atoms with Crippen molar-refractivity contribution in [1.82, 2.24) is 4.90 Å². The smallest absolute Gasteiger partial charge is 0.320 e. The van der Waals surface area contributed by atoms with Gasteiger partial charge in [-0.05, 0) is 48.2 Å². The highest BCUT2D eigenvalue weighted by Crippen LogP contribution is 2.59. The van der Waals surface area contributed by atoms with E-state index in [9.17, 15) is 23.7 Å². The Labute approximate surface area is 176 Å². The minimum atomic E-state index is -3.89. The Morgan fingerprint density at radius 1 is 1.20 bits per heavy atom. The number of carbonyl (C=O) groups is 1. The number of aliphatic carboxylic acids is 1. The van der Waals surface area contributed by atoms with Gasteiger partial charge in [-0.3, -0.25) is 14.3 Å². The second-order valence-electron chi connectivity index (χ2n) is 7.89. The highest BCUT2D eigenvalue weighted by atomic mass is 31.2. The fourth-order valence-electron chi connectivity index (χ4n) is 4.14. The molecule has 4 N–H and O–H groups in total. The van der Waals surface area contributed by atoms with E-state index in [-0.39, 0.29) is 24.9 Å². The molecule has 0 amide bonds. The first kappa shape index (κ1) is 22.6. The van der Waals surface area contributed by atoms with E-state index in [1.54, 1.807) is 6.07 Å². The molecular weight excluding hydrogens is 406 g/mol. The zero-order valence-corrected chi connectivity index (χ0v) is 17.7. The minimum absolute atomic E-state index is 0.0215. The number of rotatable bonds is 8. The van der Waals surface area contributed by atoms with Crippen LogP contribution in [0.2, 0.25) is 0 Å². The van der Waals surface area contributed by atoms with Crippen LogP contribution in [-0.2, 0) is 15.9 Å². The molecule has 1 fully saturated rings. The zero-order valence-electron chi connectivity index (χ0n) is 16.8. The van der Waals surface area contributed by atoms with Crippen molar-refractivity contribution in [1.29, 1.82) is 0 Å². The third-order valence-electron chi connectivity index (χ3n) is 5.87. The van der Waals surface area contributed by atoms with Crippen LogP contribution in [0.25, 0.3) is 11.1 Å². The summed E-state index contributed by atoms with van der Waals surface area (Å²) in [7, 11) is -3.89. The van der Waals surface area contributed by atoms with Gasteiger partial charge in [0.05, 0.1) is 0 Å². The minimum Gasteiger partial charge on any atom is -0.480 e. The fraction of sp³-hybridized carbons (Fsp3) is 0.409. The van der Waals surface area contributed by atoms with Crippen LogP contribution in [0.1, 0.15) is 24.8 Å². The van der Waals surface area contributed by atoms with Gasteiger partial charge in [0.25, 0.3) is 0 Å². The standard InChI is InChI=1S/C22H28FN2O4P/c23-19-9-8-18(20(14-19)17-6-2-1-3-7-17)15-25-12-13-30(28,29)22(16-25,21(26)27)10-4-5-11-24/h1-3,6-9,14H,4-5,10-13,15-16,24H2,(H,26,27)(H,28,29). The number of nitrogens with two attached hydrogens (primary N) is 1. The Morgan fingerprint density at radius 2 is 1.93 bits per heavy atom. The number of hydrogen-bond acceptors (Lipinski definition) is 4. The van der Waals surface area contributed by atoms with Gasteiger partial charge in [0.15, 0.2) is 5.16 Å². The van der Waals surface area contributed by atoms with Gasteiger partial charge in [0.2, 0.25) is 7.37 Å². The van der Waals surface area contributed by atoms with Crippen molar-refractivity contribution in [2.24, 2.45) is 5.73 Å². The molecule has 0 bridgehead atoms. The maximum Gasteiger partial charge on any atom is 0.320 e. The van der Waals surface area contributed by atoms with E-state index in [1.807, 2.05) is 35.2 Å². The predicted molar refractivity (Wildman–Crippen MR) is 115 cm³/mol. The van der Waals surface area contributed by atoms with Gasteiger partial charge >= 0.3 is 5.97 Å². The van der Waals surface area contributed by atoms with E-state index in [0.717, 1.165) is 16.7 Å². The van der Waals surface area contributed by atoms with E-state index in [2.05, 4.69) is 0 Å². The van der Waals surface area contributed by atoms with Crippen LogP contribution in [0.5, 0.6) is 0 Å². The lowest BCUT2D eigenvalue weighted by molar-refractivity contribution is -0.141. The van der Waals surface area contributed by atoms with Gasteiger partial charge in [-0.2, -0.15) is 0 Å². The highest BCUT2D eigenvalue weighted by molar-refractivity contribution is 7.61. The normalized spacial score (nSPS) is 24.6. The van der Waals surface area contributed by atoms with Crippen LogP contribution < -0.4 is 5.73 Å². The van der Waals surface area contributed by atoms with Crippen molar-refractivity contribution in [3.63, 3.8) is 0 Å². The summed E-state index contributed by atoms with van der Waals surface area (Å²) in [5.74, 6) is -1.59.